The van der Waals surface area contributed by atoms with Crippen LogP contribution in [0.15, 0.2) is 77.0 Å². The lowest BCUT2D eigenvalue weighted by atomic mass is 9.96. The minimum atomic E-state index is 0.782. The maximum atomic E-state index is 6.94. The van der Waals surface area contributed by atoms with Crippen LogP contribution < -0.4 is 0 Å². The summed E-state index contributed by atoms with van der Waals surface area (Å²) in [5.41, 5.74) is 11.7. The molecule has 0 amide bonds. The summed E-state index contributed by atoms with van der Waals surface area (Å²) in [5, 5.41) is 4.83. The van der Waals surface area contributed by atoms with E-state index < -0.39 is 0 Å². The molecule has 0 saturated carbocycles. The van der Waals surface area contributed by atoms with Gasteiger partial charge in [0.05, 0.1) is 29.3 Å². The van der Waals surface area contributed by atoms with Crippen molar-refractivity contribution in [1.29, 1.82) is 0 Å². The van der Waals surface area contributed by atoms with Gasteiger partial charge in [0.25, 0.3) is 0 Å². The van der Waals surface area contributed by atoms with Crippen LogP contribution in [0.25, 0.3) is 65.6 Å². The summed E-state index contributed by atoms with van der Waals surface area (Å²) in [4.78, 5) is 7.31. The third kappa shape index (κ3) is 21.3. The van der Waals surface area contributed by atoms with E-state index in [-0.39, 0.29) is 0 Å². The van der Waals surface area contributed by atoms with E-state index in [0.717, 1.165) is 133 Å². The van der Waals surface area contributed by atoms with Gasteiger partial charge < -0.3 is 17.7 Å². The van der Waals surface area contributed by atoms with Gasteiger partial charge in [-0.3, -0.25) is 0 Å². The third-order valence-corrected chi connectivity index (χ3v) is 23.3. The summed E-state index contributed by atoms with van der Waals surface area (Å²) >= 11 is 7.36. The first-order valence-electron chi connectivity index (χ1n) is 37.3. The fourth-order valence-corrected chi connectivity index (χ4v) is 17.9. The van der Waals surface area contributed by atoms with Crippen molar-refractivity contribution in [3.05, 3.63) is 114 Å². The highest BCUT2D eigenvalue weighted by Crippen LogP contribution is 2.45. The molecule has 498 valence electrons. The molecule has 0 aliphatic carbocycles. The molecule has 0 aromatic carbocycles. The number of unbranched alkanes of at least 4 members (excludes halogenated alkanes) is 24. The standard InChI is InChI=1S/C84H114O4S4/c1-9-17-25-33-43-63-61-89-81(65(63)45-35-27-19-11-3)75-57-53-71(85-75)73-55-59-77(87-73)83-69(49-39-31-23-15-7)67(47-37-29-21-13-5)79(91-83)51-41-42-52-80-68(48-38-30-22-14-6)70(50-40-32-24-16-8)84(92-80)78-60-56-74(88-78)72-54-58-76(86-72)82-66(46-36-28-20-12-4)64(62-90-82)44-34-26-18-10-2/h53-62H,9-40,43-50H2,1-8H3. The van der Waals surface area contributed by atoms with Gasteiger partial charge in [-0.25, -0.2) is 0 Å². The minimum Gasteiger partial charge on any atom is -0.452 e. The first-order chi connectivity index (χ1) is 45.4. The SMILES string of the molecule is CCCCCCc1csc(-c2ccc(-c3ccc(-c4sc(C#CC#Cc5sc(-c6ccc(-c7ccc(-c8scc(CCCCCC)c8CCCCCC)o7)o6)c(CCCCCC)c5CCCCCC)c(CCCCCC)c4CCCCCC)o3)o2)c1CCCCCC. The van der Waals surface area contributed by atoms with E-state index in [2.05, 4.69) is 138 Å². The summed E-state index contributed by atoms with van der Waals surface area (Å²) in [6, 6.07) is 17.2. The van der Waals surface area contributed by atoms with E-state index in [1.807, 2.05) is 45.3 Å². The second-order valence-corrected chi connectivity index (χ2v) is 30.0. The van der Waals surface area contributed by atoms with Crippen molar-refractivity contribution in [3.63, 3.8) is 0 Å². The van der Waals surface area contributed by atoms with Crippen molar-refractivity contribution < 1.29 is 17.7 Å². The molecule has 0 bridgehead atoms. The van der Waals surface area contributed by atoms with E-state index in [1.54, 1.807) is 0 Å². The fourth-order valence-electron chi connectivity index (χ4n) is 13.3. The Morgan fingerprint density at radius 1 is 0.250 bits per heavy atom. The molecular formula is C84H114O4S4. The Labute approximate surface area is 574 Å². The Kier molecular flexibility index (Phi) is 32.6. The maximum absolute atomic E-state index is 6.94. The molecule has 8 heterocycles. The molecule has 0 unspecified atom stereocenters. The molecule has 0 radical (unpaired) electrons. The Hall–Kier alpha value is -4.96. The van der Waals surface area contributed by atoms with Gasteiger partial charge >= 0.3 is 0 Å². The van der Waals surface area contributed by atoms with Crippen molar-refractivity contribution in [1.82, 2.24) is 0 Å². The van der Waals surface area contributed by atoms with Gasteiger partial charge in [-0.15, -0.1) is 45.3 Å². The molecule has 0 aliphatic heterocycles. The number of thiophene rings is 4. The van der Waals surface area contributed by atoms with Crippen LogP contribution in [0.3, 0.4) is 0 Å². The molecule has 0 spiro atoms. The Morgan fingerprint density at radius 2 is 0.489 bits per heavy atom. The van der Waals surface area contributed by atoms with Crippen molar-refractivity contribution in [2.24, 2.45) is 0 Å². The molecule has 8 aromatic heterocycles. The van der Waals surface area contributed by atoms with Crippen molar-refractivity contribution in [2.75, 3.05) is 0 Å². The highest BCUT2D eigenvalue weighted by Gasteiger charge is 2.26. The van der Waals surface area contributed by atoms with Gasteiger partial charge in [0.1, 0.15) is 23.0 Å². The van der Waals surface area contributed by atoms with Crippen LogP contribution in [0, 0.1) is 23.7 Å². The van der Waals surface area contributed by atoms with Crippen molar-refractivity contribution in [2.45, 2.75) is 312 Å². The van der Waals surface area contributed by atoms with Crippen molar-refractivity contribution >= 4 is 45.3 Å². The predicted molar refractivity (Wildman–Crippen MR) is 403 cm³/mol. The average Bonchev–Trinajstić information content (AvgIpc) is 1.80. The minimum absolute atomic E-state index is 0.782. The summed E-state index contributed by atoms with van der Waals surface area (Å²) in [6.07, 6.45) is 48.3. The number of furan rings is 4. The average molecular weight is 1320 g/mol. The number of aryl methyl sites for hydroxylation is 2. The van der Waals surface area contributed by atoms with Crippen LogP contribution in [-0.4, -0.2) is 0 Å². The van der Waals surface area contributed by atoms with Crippen molar-refractivity contribution in [3.8, 4) is 89.3 Å². The predicted octanol–water partition coefficient (Wildman–Crippen LogP) is 28.7. The van der Waals surface area contributed by atoms with Gasteiger partial charge in [-0.2, -0.15) is 0 Å². The molecule has 0 fully saturated rings. The monoisotopic (exact) mass is 1310 g/mol. The van der Waals surface area contributed by atoms with Gasteiger partial charge in [0.2, 0.25) is 0 Å². The normalized spacial score (nSPS) is 11.5. The van der Waals surface area contributed by atoms with Gasteiger partial charge in [-0.05, 0) is 230 Å². The zero-order chi connectivity index (χ0) is 64.5. The lowest BCUT2D eigenvalue weighted by Gasteiger charge is -2.08. The number of hydrogen-bond acceptors (Lipinski definition) is 8. The lowest BCUT2D eigenvalue weighted by molar-refractivity contribution is 0.539. The topological polar surface area (TPSA) is 52.6 Å². The first-order valence-corrected chi connectivity index (χ1v) is 40.7. The molecular weight excluding hydrogens is 1200 g/mol. The summed E-state index contributed by atoms with van der Waals surface area (Å²) in [5.74, 6) is 21.3. The van der Waals surface area contributed by atoms with Crippen LogP contribution in [0.2, 0.25) is 0 Å². The smallest absolute Gasteiger partial charge is 0.170 e. The van der Waals surface area contributed by atoms with Crippen LogP contribution in [-0.2, 0) is 51.4 Å². The molecule has 0 saturated heterocycles. The zero-order valence-electron chi connectivity index (χ0n) is 58.3. The first kappa shape index (κ1) is 72.9. The Morgan fingerprint density at radius 3 is 0.772 bits per heavy atom. The van der Waals surface area contributed by atoms with E-state index in [4.69, 9.17) is 17.7 Å². The molecule has 0 atom stereocenters. The second kappa shape index (κ2) is 41.1. The quantitative estimate of drug-likeness (QED) is 0.0282. The Balaban J connectivity index is 1.12. The van der Waals surface area contributed by atoms with Gasteiger partial charge in [0, 0.05) is 0 Å². The van der Waals surface area contributed by atoms with Crippen LogP contribution >= 0.6 is 45.3 Å². The molecule has 0 aliphatic rings. The van der Waals surface area contributed by atoms with Crippen LogP contribution in [0.4, 0.5) is 0 Å². The van der Waals surface area contributed by atoms with E-state index in [0.29, 0.717) is 0 Å². The zero-order valence-corrected chi connectivity index (χ0v) is 61.6. The van der Waals surface area contributed by atoms with E-state index in [9.17, 15) is 0 Å². The highest BCUT2D eigenvalue weighted by molar-refractivity contribution is 7.17. The highest BCUT2D eigenvalue weighted by atomic mass is 32.1. The van der Waals surface area contributed by atoms with Crippen LogP contribution in [0.5, 0.6) is 0 Å². The molecule has 8 rings (SSSR count). The second-order valence-electron chi connectivity index (χ2n) is 26.2. The van der Waals surface area contributed by atoms with E-state index in [1.165, 1.54) is 244 Å². The number of rotatable bonds is 46. The molecule has 4 nitrogen and oxygen atoms in total. The maximum Gasteiger partial charge on any atom is 0.170 e. The Bertz CT molecular complexity index is 3260. The van der Waals surface area contributed by atoms with Gasteiger partial charge in [0.15, 0.2) is 23.0 Å². The lowest BCUT2D eigenvalue weighted by Crippen LogP contribution is -1.96. The summed E-state index contributed by atoms with van der Waals surface area (Å²) < 4.78 is 27.5. The fraction of sp³-hybridized carbons (Fsp3) is 0.571. The molecule has 0 N–H and O–H groups in total. The largest absolute Gasteiger partial charge is 0.452 e. The van der Waals surface area contributed by atoms with Gasteiger partial charge in [-0.1, -0.05) is 209 Å². The molecule has 8 heteroatoms. The summed E-state index contributed by atoms with van der Waals surface area (Å²) in [7, 11) is 0. The summed E-state index contributed by atoms with van der Waals surface area (Å²) in [6.45, 7) is 18.4. The number of hydrogen-bond donors (Lipinski definition) is 0. The van der Waals surface area contributed by atoms with Crippen LogP contribution in [0.1, 0.15) is 315 Å². The van der Waals surface area contributed by atoms with E-state index >= 15 is 0 Å². The molecule has 92 heavy (non-hydrogen) atoms. The molecule has 8 aromatic rings. The third-order valence-electron chi connectivity index (χ3n) is 18.7.